The molecule has 0 amide bonds. The molecule has 1 aliphatic rings. The number of hydrogen-bond acceptors (Lipinski definition) is 3. The second kappa shape index (κ2) is 7.28. The van der Waals surface area contributed by atoms with E-state index in [9.17, 15) is 10.1 Å². The van der Waals surface area contributed by atoms with Crippen LogP contribution >= 0.6 is 0 Å². The molecule has 0 spiro atoms. The number of hydrogen-bond donors (Lipinski definition) is 0. The predicted molar refractivity (Wildman–Crippen MR) is 109 cm³/mol. The van der Waals surface area contributed by atoms with Crippen molar-refractivity contribution in [1.29, 1.82) is 5.26 Å². The molecule has 136 valence electrons. The maximum absolute atomic E-state index is 12.8. The summed E-state index contributed by atoms with van der Waals surface area (Å²) in [6, 6.07) is 20.7. The SMILES string of the molecule is Cn1c(=O)c(C#N)c(N2CCC[C@@H](c3ccccc3)CC2)c2ccccc21. The monoisotopic (exact) mass is 357 g/mol. The normalized spacial score (nSPS) is 17.5. The number of aryl methyl sites for hydroxylation is 1. The van der Waals surface area contributed by atoms with Crippen LogP contribution in [0.15, 0.2) is 59.4 Å². The van der Waals surface area contributed by atoms with E-state index in [4.69, 9.17) is 0 Å². The van der Waals surface area contributed by atoms with Crippen molar-refractivity contribution in [2.75, 3.05) is 18.0 Å². The zero-order chi connectivity index (χ0) is 18.8. The van der Waals surface area contributed by atoms with Gasteiger partial charge in [-0.05, 0) is 36.8 Å². The van der Waals surface area contributed by atoms with Crippen LogP contribution in [0, 0.1) is 11.3 Å². The number of pyridine rings is 1. The second-order valence-electron chi connectivity index (χ2n) is 7.24. The molecule has 1 atom stereocenters. The highest BCUT2D eigenvalue weighted by molar-refractivity contribution is 5.94. The molecule has 0 radical (unpaired) electrons. The van der Waals surface area contributed by atoms with Gasteiger partial charge in [-0.2, -0.15) is 5.26 Å². The fourth-order valence-corrected chi connectivity index (χ4v) is 4.29. The fourth-order valence-electron chi connectivity index (χ4n) is 4.29. The standard InChI is InChI=1S/C23H23N3O/c1-25-21-12-6-5-11-19(21)22(20(16-24)23(25)27)26-14-7-10-18(13-15-26)17-8-3-2-4-9-17/h2-6,8-9,11-12,18H,7,10,13-15H2,1H3/t18-/m1/s1. The van der Waals surface area contributed by atoms with Gasteiger partial charge in [0.05, 0.1) is 11.2 Å². The molecule has 4 heteroatoms. The van der Waals surface area contributed by atoms with E-state index in [1.807, 2.05) is 24.3 Å². The highest BCUT2D eigenvalue weighted by Crippen LogP contribution is 2.33. The molecule has 0 N–H and O–H groups in total. The van der Waals surface area contributed by atoms with E-state index in [2.05, 4.69) is 41.3 Å². The molecular formula is C23H23N3O. The summed E-state index contributed by atoms with van der Waals surface area (Å²) in [5.74, 6) is 0.527. The number of rotatable bonds is 2. The lowest BCUT2D eigenvalue weighted by atomic mass is 9.92. The van der Waals surface area contributed by atoms with Crippen molar-refractivity contribution in [2.24, 2.45) is 7.05 Å². The van der Waals surface area contributed by atoms with E-state index < -0.39 is 0 Å². The summed E-state index contributed by atoms with van der Waals surface area (Å²) in [6.07, 6.45) is 3.21. The van der Waals surface area contributed by atoms with Crippen LogP contribution in [0.1, 0.15) is 36.3 Å². The molecule has 1 fully saturated rings. The van der Waals surface area contributed by atoms with Crippen LogP contribution in [0.5, 0.6) is 0 Å². The average molecular weight is 357 g/mol. The molecule has 4 nitrogen and oxygen atoms in total. The summed E-state index contributed by atoms with van der Waals surface area (Å²) < 4.78 is 1.59. The minimum Gasteiger partial charge on any atom is -0.370 e. The number of fused-ring (bicyclic) bond motifs is 1. The lowest BCUT2D eigenvalue weighted by Crippen LogP contribution is -2.30. The minimum absolute atomic E-state index is 0.213. The quantitative estimate of drug-likeness (QED) is 0.691. The third kappa shape index (κ3) is 3.10. The zero-order valence-corrected chi connectivity index (χ0v) is 15.6. The number of nitriles is 1. The third-order valence-electron chi connectivity index (χ3n) is 5.70. The zero-order valence-electron chi connectivity index (χ0n) is 15.6. The predicted octanol–water partition coefficient (Wildman–Crippen LogP) is 4.18. The largest absolute Gasteiger partial charge is 0.370 e. The third-order valence-corrected chi connectivity index (χ3v) is 5.70. The molecule has 1 aliphatic heterocycles. The number of anilines is 1. The van der Waals surface area contributed by atoms with Gasteiger partial charge < -0.3 is 9.47 Å². The summed E-state index contributed by atoms with van der Waals surface area (Å²) in [5.41, 5.74) is 3.11. The van der Waals surface area contributed by atoms with Gasteiger partial charge in [-0.3, -0.25) is 4.79 Å². The Bertz CT molecular complexity index is 1060. The molecule has 0 saturated carbocycles. The highest BCUT2D eigenvalue weighted by atomic mass is 16.1. The number of nitrogens with zero attached hydrogens (tertiary/aromatic N) is 3. The average Bonchev–Trinajstić information content (AvgIpc) is 2.97. The lowest BCUT2D eigenvalue weighted by molar-refractivity contribution is 0.612. The van der Waals surface area contributed by atoms with Crippen molar-refractivity contribution in [2.45, 2.75) is 25.2 Å². The van der Waals surface area contributed by atoms with E-state index in [-0.39, 0.29) is 11.1 Å². The summed E-state index contributed by atoms with van der Waals surface area (Å²) in [4.78, 5) is 15.0. The van der Waals surface area contributed by atoms with Gasteiger partial charge in [0.25, 0.3) is 5.56 Å². The first-order valence-electron chi connectivity index (χ1n) is 9.52. The number of aromatic nitrogens is 1. The van der Waals surface area contributed by atoms with Crippen molar-refractivity contribution in [3.8, 4) is 6.07 Å². The van der Waals surface area contributed by atoms with E-state index in [1.54, 1.807) is 11.6 Å². The van der Waals surface area contributed by atoms with Crippen molar-refractivity contribution < 1.29 is 0 Å². The fraction of sp³-hybridized carbons (Fsp3) is 0.304. The second-order valence-corrected chi connectivity index (χ2v) is 7.24. The van der Waals surface area contributed by atoms with Gasteiger partial charge in [0.2, 0.25) is 0 Å². The smallest absolute Gasteiger partial charge is 0.270 e. The van der Waals surface area contributed by atoms with E-state index in [0.717, 1.165) is 48.9 Å². The first kappa shape index (κ1) is 17.4. The van der Waals surface area contributed by atoms with Gasteiger partial charge in [-0.25, -0.2) is 0 Å². The van der Waals surface area contributed by atoms with E-state index in [1.165, 1.54) is 5.56 Å². The Morgan fingerprint density at radius 1 is 1.00 bits per heavy atom. The molecule has 4 rings (SSSR count). The molecular weight excluding hydrogens is 334 g/mol. The van der Waals surface area contributed by atoms with Gasteiger partial charge in [0.1, 0.15) is 11.6 Å². The van der Waals surface area contributed by atoms with Crippen LogP contribution in [0.25, 0.3) is 10.9 Å². The van der Waals surface area contributed by atoms with Crippen molar-refractivity contribution in [1.82, 2.24) is 4.57 Å². The Labute approximate surface area is 159 Å². The molecule has 27 heavy (non-hydrogen) atoms. The summed E-state index contributed by atoms with van der Waals surface area (Å²) in [7, 11) is 1.74. The molecule has 0 bridgehead atoms. The Hall–Kier alpha value is -3.06. The minimum atomic E-state index is -0.213. The first-order valence-corrected chi connectivity index (χ1v) is 9.52. The molecule has 1 saturated heterocycles. The summed E-state index contributed by atoms with van der Waals surface area (Å²) in [5, 5.41) is 10.7. The molecule has 0 unspecified atom stereocenters. The van der Waals surface area contributed by atoms with Gasteiger partial charge in [-0.15, -0.1) is 0 Å². The molecule has 3 aromatic rings. The van der Waals surface area contributed by atoms with E-state index >= 15 is 0 Å². The van der Waals surface area contributed by atoms with Crippen LogP contribution < -0.4 is 10.5 Å². The van der Waals surface area contributed by atoms with Crippen molar-refractivity contribution in [3.05, 3.63) is 76.1 Å². The summed E-state index contributed by atoms with van der Waals surface area (Å²) >= 11 is 0. The maximum Gasteiger partial charge on any atom is 0.270 e. The molecule has 0 aliphatic carbocycles. The highest BCUT2D eigenvalue weighted by Gasteiger charge is 2.24. The summed E-state index contributed by atoms with van der Waals surface area (Å²) in [6.45, 7) is 1.72. The number of para-hydroxylation sites is 1. The Morgan fingerprint density at radius 3 is 2.52 bits per heavy atom. The molecule has 2 heterocycles. The Morgan fingerprint density at radius 2 is 1.74 bits per heavy atom. The number of benzene rings is 2. The van der Waals surface area contributed by atoms with Gasteiger partial charge in [-0.1, -0.05) is 48.5 Å². The van der Waals surface area contributed by atoms with Crippen LogP contribution in [0.4, 0.5) is 5.69 Å². The first-order chi connectivity index (χ1) is 13.2. The lowest BCUT2D eigenvalue weighted by Gasteiger charge is -2.26. The Balaban J connectivity index is 1.76. The van der Waals surface area contributed by atoms with Gasteiger partial charge >= 0.3 is 0 Å². The van der Waals surface area contributed by atoms with E-state index in [0.29, 0.717) is 5.92 Å². The van der Waals surface area contributed by atoms with Gasteiger partial charge in [0.15, 0.2) is 0 Å². The van der Waals surface area contributed by atoms with Crippen LogP contribution in [0.2, 0.25) is 0 Å². The Kier molecular flexibility index (Phi) is 4.68. The van der Waals surface area contributed by atoms with Crippen LogP contribution in [-0.4, -0.2) is 17.7 Å². The van der Waals surface area contributed by atoms with Crippen molar-refractivity contribution in [3.63, 3.8) is 0 Å². The molecule has 1 aromatic heterocycles. The van der Waals surface area contributed by atoms with Crippen LogP contribution in [-0.2, 0) is 7.05 Å². The molecule has 2 aromatic carbocycles. The van der Waals surface area contributed by atoms with Gasteiger partial charge in [0, 0.05) is 25.5 Å². The topological polar surface area (TPSA) is 49.0 Å². The van der Waals surface area contributed by atoms with Crippen LogP contribution in [0.3, 0.4) is 0 Å². The van der Waals surface area contributed by atoms with Crippen molar-refractivity contribution >= 4 is 16.6 Å². The maximum atomic E-state index is 12.8.